The molecule has 0 bridgehead atoms. The van der Waals surface area contributed by atoms with Crippen molar-refractivity contribution in [3.8, 4) is 11.4 Å². The van der Waals surface area contributed by atoms with E-state index in [0.29, 0.717) is 30.8 Å². The molecule has 0 radical (unpaired) electrons. The van der Waals surface area contributed by atoms with Crippen molar-refractivity contribution in [3.05, 3.63) is 35.7 Å². The van der Waals surface area contributed by atoms with Crippen LogP contribution in [0.4, 0.5) is 0 Å². The minimum Gasteiger partial charge on any atom is -0.381 e. The van der Waals surface area contributed by atoms with Gasteiger partial charge < -0.3 is 14.2 Å². The largest absolute Gasteiger partial charge is 0.381 e. The van der Waals surface area contributed by atoms with Gasteiger partial charge in [0.15, 0.2) is 0 Å². The van der Waals surface area contributed by atoms with Crippen LogP contribution in [-0.2, 0) is 16.0 Å². The summed E-state index contributed by atoms with van der Waals surface area (Å²) in [5, 5.41) is 4.15. The van der Waals surface area contributed by atoms with Gasteiger partial charge in [0.05, 0.1) is 12.5 Å². The van der Waals surface area contributed by atoms with Crippen LogP contribution in [0.25, 0.3) is 11.4 Å². The van der Waals surface area contributed by atoms with Gasteiger partial charge >= 0.3 is 0 Å². The maximum absolute atomic E-state index is 12.6. The van der Waals surface area contributed by atoms with Crippen LogP contribution in [0.1, 0.15) is 30.7 Å². The molecular weight excluding hydrogens is 330 g/mol. The van der Waals surface area contributed by atoms with Gasteiger partial charge in [0.2, 0.25) is 17.6 Å². The number of benzene rings is 1. The first-order chi connectivity index (χ1) is 12.7. The predicted octanol–water partition coefficient (Wildman–Crippen LogP) is 2.86. The first-order valence-corrected chi connectivity index (χ1v) is 9.46. The summed E-state index contributed by atoms with van der Waals surface area (Å²) in [6.07, 6.45) is 3.70. The zero-order valence-electron chi connectivity index (χ0n) is 15.2. The molecule has 2 aromatic rings. The molecule has 4 rings (SSSR count). The van der Waals surface area contributed by atoms with Crippen LogP contribution < -0.4 is 0 Å². The molecule has 0 aliphatic carbocycles. The lowest BCUT2D eigenvalue weighted by Gasteiger charge is -2.33. The summed E-state index contributed by atoms with van der Waals surface area (Å²) in [6.45, 7) is 4.95. The number of rotatable bonds is 4. The summed E-state index contributed by atoms with van der Waals surface area (Å²) in [4.78, 5) is 19.2. The maximum atomic E-state index is 12.6. The van der Waals surface area contributed by atoms with Crippen LogP contribution in [0.2, 0.25) is 0 Å². The third kappa shape index (κ3) is 3.65. The van der Waals surface area contributed by atoms with Crippen molar-refractivity contribution in [3.63, 3.8) is 0 Å². The Labute approximate surface area is 153 Å². The number of piperidine rings is 1. The summed E-state index contributed by atoms with van der Waals surface area (Å²) < 4.78 is 10.9. The van der Waals surface area contributed by atoms with E-state index in [4.69, 9.17) is 9.26 Å². The molecule has 26 heavy (non-hydrogen) atoms. The third-order valence-electron chi connectivity index (χ3n) is 5.43. The minimum absolute atomic E-state index is 0.0461. The highest BCUT2D eigenvalue weighted by Crippen LogP contribution is 2.25. The molecule has 1 aromatic carbocycles. The Morgan fingerprint density at radius 2 is 2.19 bits per heavy atom. The number of carbonyl (C=O) groups is 1. The average molecular weight is 355 g/mol. The molecule has 2 fully saturated rings. The predicted molar refractivity (Wildman–Crippen MR) is 96.4 cm³/mol. The second kappa shape index (κ2) is 7.58. The summed E-state index contributed by atoms with van der Waals surface area (Å²) in [7, 11) is 0. The van der Waals surface area contributed by atoms with E-state index in [1.807, 2.05) is 36.1 Å². The Kier molecular flexibility index (Phi) is 5.02. The van der Waals surface area contributed by atoms with Crippen molar-refractivity contribution in [2.45, 2.75) is 32.6 Å². The number of carbonyl (C=O) groups excluding carboxylic acids is 1. The number of aromatic nitrogens is 2. The fraction of sp³-hybridized carbons (Fsp3) is 0.550. The highest BCUT2D eigenvalue weighted by atomic mass is 16.5. The van der Waals surface area contributed by atoms with E-state index < -0.39 is 0 Å². The fourth-order valence-corrected chi connectivity index (χ4v) is 3.94. The van der Waals surface area contributed by atoms with Crippen LogP contribution >= 0.6 is 0 Å². The first-order valence-electron chi connectivity index (χ1n) is 9.46. The van der Waals surface area contributed by atoms with Crippen molar-refractivity contribution >= 4 is 5.91 Å². The summed E-state index contributed by atoms with van der Waals surface area (Å²) in [5.41, 5.74) is 2.14. The molecule has 2 aliphatic heterocycles. The Morgan fingerprint density at radius 3 is 3.00 bits per heavy atom. The SMILES string of the molecule is Cc1ccccc1-c1noc(CC2CCCN(C(=O)C3CCOC3)C2)n1. The lowest BCUT2D eigenvalue weighted by molar-refractivity contribution is -0.137. The fourth-order valence-electron chi connectivity index (χ4n) is 3.94. The zero-order valence-corrected chi connectivity index (χ0v) is 15.2. The average Bonchev–Trinajstić information content (AvgIpc) is 3.34. The van der Waals surface area contributed by atoms with Crippen LogP contribution in [-0.4, -0.2) is 47.3 Å². The lowest BCUT2D eigenvalue weighted by atomic mass is 9.93. The van der Waals surface area contributed by atoms with Gasteiger partial charge in [-0.2, -0.15) is 4.98 Å². The van der Waals surface area contributed by atoms with Gasteiger partial charge in [-0.15, -0.1) is 0 Å². The first kappa shape index (κ1) is 17.2. The molecule has 2 unspecified atom stereocenters. The number of ether oxygens (including phenoxy) is 1. The zero-order chi connectivity index (χ0) is 17.9. The van der Waals surface area contributed by atoms with Crippen molar-refractivity contribution in [1.82, 2.24) is 15.0 Å². The topological polar surface area (TPSA) is 68.5 Å². The molecule has 1 aromatic heterocycles. The van der Waals surface area contributed by atoms with Crippen molar-refractivity contribution in [2.75, 3.05) is 26.3 Å². The van der Waals surface area contributed by atoms with E-state index in [0.717, 1.165) is 49.9 Å². The van der Waals surface area contributed by atoms with Crippen molar-refractivity contribution in [1.29, 1.82) is 0 Å². The van der Waals surface area contributed by atoms with E-state index in [9.17, 15) is 4.79 Å². The molecule has 2 aliphatic rings. The van der Waals surface area contributed by atoms with Crippen LogP contribution in [0.5, 0.6) is 0 Å². The van der Waals surface area contributed by atoms with E-state index in [1.54, 1.807) is 0 Å². The van der Waals surface area contributed by atoms with Crippen LogP contribution in [0.3, 0.4) is 0 Å². The molecule has 138 valence electrons. The Morgan fingerprint density at radius 1 is 1.31 bits per heavy atom. The second-order valence-corrected chi connectivity index (χ2v) is 7.38. The quantitative estimate of drug-likeness (QED) is 0.843. The molecule has 1 amide bonds. The number of hydrogen-bond donors (Lipinski definition) is 0. The number of nitrogens with zero attached hydrogens (tertiary/aromatic N) is 3. The number of hydrogen-bond acceptors (Lipinski definition) is 5. The standard InChI is InChI=1S/C20H25N3O3/c1-14-5-2-3-7-17(14)19-21-18(26-22-19)11-15-6-4-9-23(12-15)20(24)16-8-10-25-13-16/h2-3,5,7,15-16H,4,6,8-13H2,1H3. The summed E-state index contributed by atoms with van der Waals surface area (Å²) >= 11 is 0. The Bertz CT molecular complexity index is 767. The van der Waals surface area contributed by atoms with Gasteiger partial charge in [0.25, 0.3) is 0 Å². The van der Waals surface area contributed by atoms with Crippen LogP contribution in [0.15, 0.2) is 28.8 Å². The van der Waals surface area contributed by atoms with Gasteiger partial charge in [0, 0.05) is 31.7 Å². The molecule has 0 spiro atoms. The highest BCUT2D eigenvalue weighted by Gasteiger charge is 2.31. The third-order valence-corrected chi connectivity index (χ3v) is 5.43. The second-order valence-electron chi connectivity index (χ2n) is 7.38. The molecule has 0 saturated carbocycles. The van der Waals surface area contributed by atoms with E-state index in [2.05, 4.69) is 10.1 Å². The van der Waals surface area contributed by atoms with E-state index in [1.165, 1.54) is 0 Å². The summed E-state index contributed by atoms with van der Waals surface area (Å²) in [5.74, 6) is 1.97. The van der Waals surface area contributed by atoms with Crippen molar-refractivity contribution < 1.29 is 14.1 Å². The highest BCUT2D eigenvalue weighted by molar-refractivity contribution is 5.79. The van der Waals surface area contributed by atoms with Crippen LogP contribution in [0, 0.1) is 18.8 Å². The minimum atomic E-state index is 0.0461. The Hall–Kier alpha value is -2.21. The smallest absolute Gasteiger partial charge is 0.228 e. The number of likely N-dealkylation sites (tertiary alicyclic amines) is 1. The van der Waals surface area contributed by atoms with E-state index >= 15 is 0 Å². The van der Waals surface area contributed by atoms with Gasteiger partial charge in [0.1, 0.15) is 0 Å². The van der Waals surface area contributed by atoms with E-state index in [-0.39, 0.29) is 11.8 Å². The summed E-state index contributed by atoms with van der Waals surface area (Å²) in [6, 6.07) is 8.04. The number of amides is 1. The lowest BCUT2D eigenvalue weighted by Crippen LogP contribution is -2.43. The van der Waals surface area contributed by atoms with Gasteiger partial charge in [-0.25, -0.2) is 0 Å². The van der Waals surface area contributed by atoms with Gasteiger partial charge in [-0.1, -0.05) is 29.4 Å². The maximum Gasteiger partial charge on any atom is 0.228 e. The molecular formula is C20H25N3O3. The van der Waals surface area contributed by atoms with Crippen molar-refractivity contribution in [2.24, 2.45) is 11.8 Å². The Balaban J connectivity index is 1.39. The normalized spacial score (nSPS) is 23.3. The molecule has 0 N–H and O–H groups in total. The van der Waals surface area contributed by atoms with Gasteiger partial charge in [-0.3, -0.25) is 4.79 Å². The monoisotopic (exact) mass is 355 g/mol. The molecule has 3 heterocycles. The van der Waals surface area contributed by atoms with Gasteiger partial charge in [-0.05, 0) is 37.7 Å². The molecule has 2 atom stereocenters. The molecule has 6 nitrogen and oxygen atoms in total. The molecule has 6 heteroatoms. The molecule has 2 saturated heterocycles. The number of aryl methyl sites for hydroxylation is 1.